The molecule has 1 N–H and O–H groups in total. The molecule has 0 aliphatic carbocycles. The molecular formula is C9H7F6IO3S. The Bertz CT molecular complexity index is 537. The van der Waals surface area contributed by atoms with Gasteiger partial charge in [-0.05, 0) is 34.2 Å². The highest BCUT2D eigenvalue weighted by Gasteiger charge is 2.44. The van der Waals surface area contributed by atoms with Crippen LogP contribution >= 0.6 is 22.6 Å². The Morgan fingerprint density at radius 1 is 1.05 bits per heavy atom. The van der Waals surface area contributed by atoms with Gasteiger partial charge in [-0.15, -0.1) is 0 Å². The molecule has 1 aromatic rings. The number of halogens is 7. The van der Waals surface area contributed by atoms with Crippen molar-refractivity contribution in [1.82, 2.24) is 0 Å². The van der Waals surface area contributed by atoms with Gasteiger partial charge in [-0.2, -0.15) is 34.8 Å². The minimum atomic E-state index is -5.84. The summed E-state index contributed by atoms with van der Waals surface area (Å²) in [5.41, 5.74) is -5.20. The Morgan fingerprint density at radius 3 is 1.75 bits per heavy atom. The summed E-state index contributed by atoms with van der Waals surface area (Å²) in [6.45, 7) is 0. The third kappa shape index (κ3) is 7.89. The van der Waals surface area contributed by atoms with Crippen molar-refractivity contribution in [3.8, 4) is 0 Å². The molecule has 0 spiro atoms. The Morgan fingerprint density at radius 2 is 1.45 bits per heavy atom. The minimum Gasteiger partial charge on any atom is -0.279 e. The van der Waals surface area contributed by atoms with Crippen molar-refractivity contribution in [2.24, 2.45) is 0 Å². The van der Waals surface area contributed by atoms with Crippen LogP contribution in [0.5, 0.6) is 0 Å². The second-order valence-electron chi connectivity index (χ2n) is 3.30. The normalized spacial score (nSPS) is 12.6. The van der Waals surface area contributed by atoms with Gasteiger partial charge in [-0.1, -0.05) is 18.2 Å². The van der Waals surface area contributed by atoms with E-state index < -0.39 is 28.2 Å². The highest BCUT2D eigenvalue weighted by atomic mass is 127. The fraction of sp³-hybridized carbons (Fsp3) is 0.333. The molecule has 0 heterocycles. The molecular weight excluding hydrogens is 429 g/mol. The van der Waals surface area contributed by atoms with Crippen molar-refractivity contribution in [3.63, 3.8) is 0 Å². The van der Waals surface area contributed by atoms with Crippen LogP contribution in [0.4, 0.5) is 26.3 Å². The Labute approximate surface area is 123 Å². The maximum absolute atomic E-state index is 11.9. The maximum Gasteiger partial charge on any atom is 0.522 e. The van der Waals surface area contributed by atoms with Gasteiger partial charge in [0.05, 0.1) is 6.42 Å². The third-order valence-electron chi connectivity index (χ3n) is 1.64. The quantitative estimate of drug-likeness (QED) is 0.316. The SMILES string of the molecule is FC(F)(F)Cc1ccccc1I.O=S(=O)(O)C(F)(F)F. The minimum absolute atomic E-state index is 0.339. The topological polar surface area (TPSA) is 54.4 Å². The first-order chi connectivity index (χ1) is 8.74. The van der Waals surface area contributed by atoms with Crippen molar-refractivity contribution in [3.05, 3.63) is 33.4 Å². The molecule has 0 radical (unpaired) electrons. The summed E-state index contributed by atoms with van der Waals surface area (Å²) in [5, 5.41) is 0. The summed E-state index contributed by atoms with van der Waals surface area (Å²) in [5.74, 6) is 0. The highest BCUT2D eigenvalue weighted by Crippen LogP contribution is 2.24. The van der Waals surface area contributed by atoms with Gasteiger partial charge in [0.2, 0.25) is 0 Å². The van der Waals surface area contributed by atoms with Crippen LogP contribution in [-0.4, -0.2) is 24.7 Å². The van der Waals surface area contributed by atoms with E-state index >= 15 is 0 Å². The molecule has 0 amide bonds. The summed E-state index contributed by atoms with van der Waals surface area (Å²) in [6.07, 6.45) is -4.95. The van der Waals surface area contributed by atoms with Gasteiger partial charge in [0.25, 0.3) is 0 Å². The third-order valence-corrected chi connectivity index (χ3v) is 3.28. The maximum atomic E-state index is 11.9. The number of alkyl halides is 6. The van der Waals surface area contributed by atoms with Crippen molar-refractivity contribution in [1.29, 1.82) is 0 Å². The van der Waals surface area contributed by atoms with Crippen LogP contribution in [0.1, 0.15) is 5.56 Å². The second-order valence-corrected chi connectivity index (χ2v) is 5.88. The summed E-state index contributed by atoms with van der Waals surface area (Å²) in [6, 6.07) is 6.50. The van der Waals surface area contributed by atoms with Crippen LogP contribution in [-0.2, 0) is 16.5 Å². The second kappa shape index (κ2) is 6.93. The van der Waals surface area contributed by atoms with Gasteiger partial charge in [0, 0.05) is 3.57 Å². The smallest absolute Gasteiger partial charge is 0.279 e. The van der Waals surface area contributed by atoms with Gasteiger partial charge in [-0.3, -0.25) is 4.55 Å². The van der Waals surface area contributed by atoms with E-state index in [1.165, 1.54) is 6.07 Å². The first kappa shape index (κ1) is 19.4. The molecule has 0 bridgehead atoms. The fourth-order valence-corrected chi connectivity index (χ4v) is 1.44. The first-order valence-electron chi connectivity index (χ1n) is 4.58. The molecule has 0 aliphatic rings. The lowest BCUT2D eigenvalue weighted by atomic mass is 10.1. The molecule has 3 nitrogen and oxygen atoms in total. The van der Waals surface area contributed by atoms with Crippen molar-refractivity contribution < 1.29 is 39.3 Å². The summed E-state index contributed by atoms with van der Waals surface area (Å²) < 4.78 is 94.0. The van der Waals surface area contributed by atoms with Crippen molar-refractivity contribution in [2.45, 2.75) is 18.1 Å². The zero-order chi connectivity index (χ0) is 16.2. The fourth-order valence-electron chi connectivity index (χ4n) is 0.858. The summed E-state index contributed by atoms with van der Waals surface area (Å²) in [4.78, 5) is 0. The van der Waals surface area contributed by atoms with Gasteiger partial charge in [-0.25, -0.2) is 0 Å². The molecule has 0 fully saturated rings. The van der Waals surface area contributed by atoms with Crippen LogP contribution in [0, 0.1) is 3.57 Å². The van der Waals surface area contributed by atoms with Crippen LogP contribution in [0.2, 0.25) is 0 Å². The van der Waals surface area contributed by atoms with Crippen LogP contribution in [0.25, 0.3) is 0 Å². The standard InChI is InChI=1S/C8H6F3I.CHF3O3S/c9-8(10,11)5-6-3-1-2-4-7(6)12;2-1(3,4)8(5,6)7/h1-4H,5H2;(H,5,6,7). The van der Waals surface area contributed by atoms with E-state index in [9.17, 15) is 26.3 Å². The predicted octanol–water partition coefficient (Wildman–Crippen LogP) is 3.79. The number of hydrogen-bond donors (Lipinski definition) is 1. The van der Waals surface area contributed by atoms with E-state index in [2.05, 4.69) is 0 Å². The first-order valence-corrected chi connectivity index (χ1v) is 7.10. The van der Waals surface area contributed by atoms with Gasteiger partial charge >= 0.3 is 21.8 Å². The van der Waals surface area contributed by atoms with Crippen LogP contribution < -0.4 is 0 Å². The number of hydrogen-bond acceptors (Lipinski definition) is 2. The molecule has 0 unspecified atom stereocenters. The van der Waals surface area contributed by atoms with Gasteiger partial charge in [0.1, 0.15) is 0 Å². The van der Waals surface area contributed by atoms with E-state index in [4.69, 9.17) is 13.0 Å². The molecule has 1 aromatic carbocycles. The molecule has 0 saturated heterocycles. The Hall–Kier alpha value is -0.560. The molecule has 116 valence electrons. The summed E-state index contributed by atoms with van der Waals surface area (Å²) in [7, 11) is -5.84. The van der Waals surface area contributed by atoms with E-state index in [1.54, 1.807) is 18.2 Å². The van der Waals surface area contributed by atoms with Crippen molar-refractivity contribution >= 4 is 32.7 Å². The molecule has 0 aromatic heterocycles. The molecule has 1 rings (SSSR count). The molecule has 0 aliphatic heterocycles. The lowest BCUT2D eigenvalue weighted by Gasteiger charge is -2.07. The van der Waals surface area contributed by atoms with E-state index in [-0.39, 0.29) is 0 Å². The lowest BCUT2D eigenvalue weighted by molar-refractivity contribution is -0.127. The van der Waals surface area contributed by atoms with Crippen molar-refractivity contribution in [2.75, 3.05) is 0 Å². The monoisotopic (exact) mass is 436 g/mol. The van der Waals surface area contributed by atoms with Crippen LogP contribution in [0.15, 0.2) is 24.3 Å². The van der Waals surface area contributed by atoms with Gasteiger partial charge < -0.3 is 0 Å². The Kier molecular flexibility index (Phi) is 6.74. The average molecular weight is 436 g/mol. The summed E-state index contributed by atoms with van der Waals surface area (Å²) >= 11 is 1.90. The molecule has 0 atom stereocenters. The average Bonchev–Trinajstić information content (AvgIpc) is 2.17. The highest BCUT2D eigenvalue weighted by molar-refractivity contribution is 14.1. The molecule has 11 heteroatoms. The zero-order valence-electron chi connectivity index (χ0n) is 9.33. The Balaban J connectivity index is 0.000000396. The lowest BCUT2D eigenvalue weighted by Crippen LogP contribution is -2.21. The van der Waals surface area contributed by atoms with E-state index in [0.717, 1.165) is 0 Å². The molecule has 20 heavy (non-hydrogen) atoms. The molecule has 0 saturated carbocycles. The van der Waals surface area contributed by atoms with Gasteiger partial charge in [0.15, 0.2) is 0 Å². The predicted molar refractivity (Wildman–Crippen MR) is 66.5 cm³/mol. The van der Waals surface area contributed by atoms with Crippen LogP contribution in [0.3, 0.4) is 0 Å². The van der Waals surface area contributed by atoms with E-state index in [1.807, 2.05) is 22.6 Å². The van der Waals surface area contributed by atoms with E-state index in [0.29, 0.717) is 9.13 Å². The number of rotatable bonds is 1. The largest absolute Gasteiger partial charge is 0.522 e. The zero-order valence-corrected chi connectivity index (χ0v) is 12.3. The number of benzene rings is 1.